The van der Waals surface area contributed by atoms with Crippen molar-refractivity contribution >= 4 is 58.1 Å². The number of rotatable bonds is 6. The van der Waals surface area contributed by atoms with E-state index in [4.69, 9.17) is 40.2 Å². The molecule has 172 valence electrons. The molecule has 0 aliphatic carbocycles. The molecule has 1 heterocycles. The van der Waals surface area contributed by atoms with Gasteiger partial charge in [-0.1, -0.05) is 35.3 Å². The second kappa shape index (κ2) is 11.8. The average molecular weight is 503 g/mol. The largest absolute Gasteiger partial charge is 0.497 e. The molecule has 3 N–H and O–H groups in total. The van der Waals surface area contributed by atoms with E-state index in [1.165, 1.54) is 0 Å². The fraction of sp³-hybridized carbons (Fsp3) is 0.217. The van der Waals surface area contributed by atoms with Gasteiger partial charge in [0.25, 0.3) is 0 Å². The Morgan fingerprint density at radius 3 is 2.33 bits per heavy atom. The number of thiocarbonyl (C=S) groups is 1. The van der Waals surface area contributed by atoms with Crippen molar-refractivity contribution in [3.63, 3.8) is 0 Å². The maximum Gasteiger partial charge on any atom is 0.229 e. The van der Waals surface area contributed by atoms with Crippen LogP contribution in [0, 0.1) is 13.8 Å². The molecule has 0 saturated carbocycles. The van der Waals surface area contributed by atoms with E-state index in [-0.39, 0.29) is 0 Å². The predicted octanol–water partition coefficient (Wildman–Crippen LogP) is 5.41. The lowest BCUT2D eigenvalue weighted by molar-refractivity contribution is 0.414. The predicted molar refractivity (Wildman–Crippen MR) is 140 cm³/mol. The van der Waals surface area contributed by atoms with Crippen LogP contribution in [0.2, 0.25) is 10.0 Å². The summed E-state index contributed by atoms with van der Waals surface area (Å²) in [6.45, 7) is 4.32. The van der Waals surface area contributed by atoms with Crippen molar-refractivity contribution in [1.29, 1.82) is 0 Å². The van der Waals surface area contributed by atoms with Crippen molar-refractivity contribution in [1.82, 2.24) is 15.3 Å². The first-order valence-electron chi connectivity index (χ1n) is 10.1. The van der Waals surface area contributed by atoms with Crippen molar-refractivity contribution in [3.05, 3.63) is 75.5 Å². The molecule has 0 atom stereocenters. The molecule has 33 heavy (non-hydrogen) atoms. The summed E-state index contributed by atoms with van der Waals surface area (Å²) in [5.74, 6) is 1.65. The summed E-state index contributed by atoms with van der Waals surface area (Å²) in [6, 6.07) is 14.9. The molecule has 10 heteroatoms. The average Bonchev–Trinajstić information content (AvgIpc) is 2.75. The molecular formula is C23H24Cl2N6OS. The number of ether oxygens (including phenoxy) is 1. The zero-order valence-corrected chi connectivity index (χ0v) is 20.8. The van der Waals surface area contributed by atoms with Crippen LogP contribution in [-0.4, -0.2) is 34.7 Å². The van der Waals surface area contributed by atoms with Crippen molar-refractivity contribution in [2.75, 3.05) is 24.3 Å². The third kappa shape index (κ3) is 7.85. The lowest BCUT2D eigenvalue weighted by atomic mass is 10.1. The van der Waals surface area contributed by atoms with Gasteiger partial charge in [-0.3, -0.25) is 10.3 Å². The van der Waals surface area contributed by atoms with Crippen molar-refractivity contribution in [2.24, 2.45) is 4.99 Å². The van der Waals surface area contributed by atoms with Crippen LogP contribution in [0.3, 0.4) is 0 Å². The van der Waals surface area contributed by atoms with Gasteiger partial charge in [-0.05, 0) is 74.4 Å². The van der Waals surface area contributed by atoms with Gasteiger partial charge in [0.05, 0.1) is 17.8 Å². The van der Waals surface area contributed by atoms with Gasteiger partial charge in [0.1, 0.15) is 5.75 Å². The van der Waals surface area contributed by atoms with E-state index in [0.717, 1.165) is 29.1 Å². The number of guanidine groups is 1. The topological polar surface area (TPSA) is 83.5 Å². The quantitative estimate of drug-likeness (QED) is 0.236. The molecule has 2 aromatic carbocycles. The van der Waals surface area contributed by atoms with E-state index in [2.05, 4.69) is 30.9 Å². The molecule has 0 aliphatic heterocycles. The smallest absolute Gasteiger partial charge is 0.229 e. The molecule has 0 amide bonds. The number of hydrogen-bond donors (Lipinski definition) is 3. The van der Waals surface area contributed by atoms with E-state index < -0.39 is 0 Å². The fourth-order valence-corrected chi connectivity index (χ4v) is 3.60. The lowest BCUT2D eigenvalue weighted by Crippen LogP contribution is -2.39. The second-order valence-corrected chi connectivity index (χ2v) is 8.38. The number of methoxy groups -OCH3 is 1. The maximum atomic E-state index is 6.24. The van der Waals surface area contributed by atoms with Gasteiger partial charge >= 0.3 is 0 Å². The Hall–Kier alpha value is -2.94. The van der Waals surface area contributed by atoms with E-state index in [1.54, 1.807) is 25.3 Å². The van der Waals surface area contributed by atoms with Crippen LogP contribution in [0.5, 0.6) is 5.75 Å². The molecular weight excluding hydrogens is 479 g/mol. The number of nitrogens with zero attached hydrogens (tertiary/aromatic N) is 3. The SMILES string of the molecule is COc1ccc(CCN=C(NC(=S)Nc2ccc(Cl)cc2Cl)Nc2nc(C)cc(C)n2)cc1. The summed E-state index contributed by atoms with van der Waals surface area (Å²) in [5, 5.41) is 10.5. The Bertz CT molecular complexity index is 1130. The van der Waals surface area contributed by atoms with Crippen LogP contribution < -0.4 is 20.7 Å². The lowest BCUT2D eigenvalue weighted by Gasteiger charge is -2.15. The van der Waals surface area contributed by atoms with Crippen molar-refractivity contribution in [3.8, 4) is 5.75 Å². The Kier molecular flexibility index (Phi) is 8.82. The number of benzene rings is 2. The highest BCUT2D eigenvalue weighted by molar-refractivity contribution is 7.80. The molecule has 3 aromatic rings. The molecule has 1 aromatic heterocycles. The van der Waals surface area contributed by atoms with Gasteiger partial charge in [-0.2, -0.15) is 0 Å². The van der Waals surface area contributed by atoms with Gasteiger partial charge in [0, 0.05) is 23.0 Å². The number of halogens is 2. The number of aliphatic imine (C=N–C) groups is 1. The monoisotopic (exact) mass is 502 g/mol. The minimum Gasteiger partial charge on any atom is -0.497 e. The molecule has 7 nitrogen and oxygen atoms in total. The van der Waals surface area contributed by atoms with Crippen molar-refractivity contribution < 1.29 is 4.74 Å². The van der Waals surface area contributed by atoms with Gasteiger partial charge < -0.3 is 15.4 Å². The van der Waals surface area contributed by atoms with Crippen LogP contribution in [0.25, 0.3) is 0 Å². The Morgan fingerprint density at radius 1 is 1.00 bits per heavy atom. The van der Waals surface area contributed by atoms with Crippen LogP contribution in [0.15, 0.2) is 53.5 Å². The first kappa shape index (κ1) is 24.7. The van der Waals surface area contributed by atoms with Crippen LogP contribution in [0.1, 0.15) is 17.0 Å². The zero-order chi connectivity index (χ0) is 23.8. The molecule has 0 aliphatic rings. The summed E-state index contributed by atoms with van der Waals surface area (Å²) in [6.07, 6.45) is 0.730. The van der Waals surface area contributed by atoms with E-state index in [0.29, 0.717) is 39.3 Å². The highest BCUT2D eigenvalue weighted by Crippen LogP contribution is 2.25. The third-order valence-electron chi connectivity index (χ3n) is 4.45. The number of aromatic nitrogens is 2. The molecule has 0 saturated heterocycles. The zero-order valence-electron chi connectivity index (χ0n) is 18.4. The Balaban J connectivity index is 1.73. The van der Waals surface area contributed by atoms with Gasteiger partial charge in [0.2, 0.25) is 11.9 Å². The van der Waals surface area contributed by atoms with E-state index >= 15 is 0 Å². The first-order chi connectivity index (χ1) is 15.8. The summed E-state index contributed by atoms with van der Waals surface area (Å²) < 4.78 is 5.21. The summed E-state index contributed by atoms with van der Waals surface area (Å²) in [4.78, 5) is 13.5. The second-order valence-electron chi connectivity index (χ2n) is 7.13. The molecule has 0 radical (unpaired) electrons. The highest BCUT2D eigenvalue weighted by atomic mass is 35.5. The summed E-state index contributed by atoms with van der Waals surface area (Å²) in [7, 11) is 1.64. The number of aryl methyl sites for hydroxylation is 2. The van der Waals surface area contributed by atoms with E-state index in [1.807, 2.05) is 44.2 Å². The fourth-order valence-electron chi connectivity index (χ4n) is 2.94. The standard InChI is InChI=1S/C23H24Cl2N6OS/c1-14-12-15(2)28-22(27-14)30-21(26-11-10-16-4-7-18(32-3)8-5-16)31-23(33)29-20-9-6-17(24)13-19(20)25/h4-9,12-13H,10-11H2,1-3H3,(H3,26,27,28,29,30,31,33). The molecule has 0 unspecified atom stereocenters. The summed E-state index contributed by atoms with van der Waals surface area (Å²) in [5.41, 5.74) is 3.45. The molecule has 0 bridgehead atoms. The number of nitrogens with one attached hydrogen (secondary N) is 3. The van der Waals surface area contributed by atoms with E-state index in [9.17, 15) is 0 Å². The number of anilines is 2. The number of hydrogen-bond acceptors (Lipinski definition) is 5. The first-order valence-corrected chi connectivity index (χ1v) is 11.3. The highest BCUT2D eigenvalue weighted by Gasteiger charge is 2.09. The minimum absolute atomic E-state index is 0.305. The van der Waals surface area contributed by atoms with Gasteiger partial charge in [0.15, 0.2) is 5.11 Å². The van der Waals surface area contributed by atoms with Gasteiger partial charge in [-0.15, -0.1) is 0 Å². The Morgan fingerprint density at radius 2 is 1.70 bits per heavy atom. The van der Waals surface area contributed by atoms with Crippen LogP contribution >= 0.6 is 35.4 Å². The minimum atomic E-state index is 0.305. The van der Waals surface area contributed by atoms with Crippen LogP contribution in [0.4, 0.5) is 11.6 Å². The van der Waals surface area contributed by atoms with Crippen molar-refractivity contribution in [2.45, 2.75) is 20.3 Å². The molecule has 3 rings (SSSR count). The molecule has 0 fully saturated rings. The maximum absolute atomic E-state index is 6.24. The molecule has 0 spiro atoms. The normalized spacial score (nSPS) is 11.1. The summed E-state index contributed by atoms with van der Waals surface area (Å²) >= 11 is 17.7. The third-order valence-corrected chi connectivity index (χ3v) is 5.21. The van der Waals surface area contributed by atoms with Gasteiger partial charge in [-0.25, -0.2) is 9.97 Å². The van der Waals surface area contributed by atoms with Crippen LogP contribution in [-0.2, 0) is 6.42 Å². The Labute approximate surface area is 208 Å².